The van der Waals surface area contributed by atoms with E-state index >= 15 is 0 Å². The molecule has 0 N–H and O–H groups in total. The number of ketones is 2. The monoisotopic (exact) mass is 352 g/mol. The molecule has 2 aromatic carbocycles. The third kappa shape index (κ3) is 2.07. The number of carbonyl (C=O) groups excluding carboxylic acids is 2. The van der Waals surface area contributed by atoms with Crippen molar-refractivity contribution in [1.82, 2.24) is 9.55 Å². The molecule has 0 saturated heterocycles. The van der Waals surface area contributed by atoms with Gasteiger partial charge in [-0.25, -0.2) is 4.98 Å². The third-order valence-corrected chi connectivity index (χ3v) is 5.25. The number of aryl methyl sites for hydroxylation is 2. The van der Waals surface area contributed by atoms with Crippen molar-refractivity contribution >= 4 is 22.5 Å². The molecule has 5 rings (SSSR count). The highest BCUT2D eigenvalue weighted by Crippen LogP contribution is 2.35. The van der Waals surface area contributed by atoms with Gasteiger partial charge in [0.25, 0.3) is 0 Å². The molecule has 0 unspecified atom stereocenters. The maximum absolute atomic E-state index is 13.4. The van der Waals surface area contributed by atoms with Gasteiger partial charge in [-0.3, -0.25) is 9.59 Å². The van der Waals surface area contributed by atoms with Gasteiger partial charge in [-0.05, 0) is 37.6 Å². The number of hydrogen-bond donors (Lipinski definition) is 0. The molecule has 0 aliphatic heterocycles. The minimum Gasteiger partial charge on any atom is -0.316 e. The number of pyridine rings is 1. The van der Waals surface area contributed by atoms with Crippen molar-refractivity contribution in [3.63, 3.8) is 0 Å². The van der Waals surface area contributed by atoms with Crippen LogP contribution in [0.15, 0.2) is 60.8 Å². The van der Waals surface area contributed by atoms with Gasteiger partial charge in [-0.15, -0.1) is 0 Å². The Morgan fingerprint density at radius 1 is 0.815 bits per heavy atom. The maximum atomic E-state index is 13.4. The number of fused-ring (bicyclic) bond motifs is 4. The van der Waals surface area contributed by atoms with Crippen LogP contribution in [0.1, 0.15) is 43.2 Å². The van der Waals surface area contributed by atoms with Crippen LogP contribution in [0.3, 0.4) is 0 Å². The molecule has 0 fully saturated rings. The van der Waals surface area contributed by atoms with Crippen molar-refractivity contribution in [2.75, 3.05) is 0 Å². The van der Waals surface area contributed by atoms with Crippen LogP contribution in [0.2, 0.25) is 0 Å². The SMILES string of the molecule is Cc1cccc2c1C(=O)c1nc(C)c3ccn(-c4ccccc4)c3c1C2=O. The number of nitrogens with zero attached hydrogens (tertiary/aromatic N) is 2. The largest absolute Gasteiger partial charge is 0.316 e. The van der Waals surface area contributed by atoms with Gasteiger partial charge in [-0.1, -0.05) is 36.4 Å². The van der Waals surface area contributed by atoms with E-state index in [2.05, 4.69) is 4.98 Å². The summed E-state index contributed by atoms with van der Waals surface area (Å²) in [5, 5.41) is 0.884. The summed E-state index contributed by atoms with van der Waals surface area (Å²) in [6.45, 7) is 3.73. The van der Waals surface area contributed by atoms with E-state index in [1.807, 2.05) is 73.1 Å². The van der Waals surface area contributed by atoms with E-state index in [0.717, 1.165) is 27.8 Å². The number of benzene rings is 2. The summed E-state index contributed by atoms with van der Waals surface area (Å²) in [6.07, 6.45) is 1.93. The van der Waals surface area contributed by atoms with Crippen LogP contribution >= 0.6 is 0 Å². The Kier molecular flexibility index (Phi) is 3.19. The number of hydrogen-bond acceptors (Lipinski definition) is 3. The first kappa shape index (κ1) is 15.7. The van der Waals surface area contributed by atoms with E-state index < -0.39 is 0 Å². The maximum Gasteiger partial charge on any atom is 0.213 e. The highest BCUT2D eigenvalue weighted by molar-refractivity contribution is 6.31. The molecule has 0 saturated carbocycles. The molecule has 0 atom stereocenters. The second-order valence-corrected chi connectivity index (χ2v) is 6.86. The first-order valence-electron chi connectivity index (χ1n) is 8.84. The van der Waals surface area contributed by atoms with Gasteiger partial charge in [0, 0.05) is 34.1 Å². The Bertz CT molecular complexity index is 1270. The van der Waals surface area contributed by atoms with Crippen molar-refractivity contribution in [2.45, 2.75) is 13.8 Å². The minimum atomic E-state index is -0.177. The Morgan fingerprint density at radius 2 is 1.59 bits per heavy atom. The third-order valence-electron chi connectivity index (χ3n) is 5.25. The first-order valence-corrected chi connectivity index (χ1v) is 8.84. The first-order chi connectivity index (χ1) is 13.1. The fourth-order valence-corrected chi connectivity index (χ4v) is 3.97. The van der Waals surface area contributed by atoms with E-state index in [1.165, 1.54) is 0 Å². The predicted octanol–water partition coefficient (Wildman–Crippen LogP) is 4.42. The summed E-state index contributed by atoms with van der Waals surface area (Å²) in [5.41, 5.74) is 4.81. The van der Waals surface area contributed by atoms with Crippen molar-refractivity contribution in [3.8, 4) is 5.69 Å². The van der Waals surface area contributed by atoms with Crippen LogP contribution in [0.5, 0.6) is 0 Å². The Labute approximate surface area is 156 Å². The highest BCUT2D eigenvalue weighted by Gasteiger charge is 2.35. The lowest BCUT2D eigenvalue weighted by Gasteiger charge is -2.21. The average Bonchev–Trinajstić information content (AvgIpc) is 3.12. The molecule has 0 amide bonds. The molecule has 0 bridgehead atoms. The standard InChI is InChI=1S/C23H16N2O2/c1-13-7-6-10-17-18(13)23(27)20-19(22(17)26)21-16(14(2)24-20)11-12-25(21)15-8-4-3-5-9-15/h3-12H,1-2H3. The molecule has 1 aliphatic rings. The molecular formula is C23H16N2O2. The van der Waals surface area contributed by atoms with Crippen molar-refractivity contribution in [2.24, 2.45) is 0 Å². The van der Waals surface area contributed by atoms with E-state index in [1.54, 1.807) is 6.07 Å². The van der Waals surface area contributed by atoms with E-state index in [0.29, 0.717) is 16.7 Å². The lowest BCUT2D eigenvalue weighted by molar-refractivity contribution is 0.0976. The predicted molar refractivity (Wildman–Crippen MR) is 104 cm³/mol. The van der Waals surface area contributed by atoms with E-state index in [-0.39, 0.29) is 17.3 Å². The van der Waals surface area contributed by atoms with Crippen LogP contribution in [0.25, 0.3) is 16.6 Å². The molecular weight excluding hydrogens is 336 g/mol. The van der Waals surface area contributed by atoms with Crippen molar-refractivity contribution < 1.29 is 9.59 Å². The fraction of sp³-hybridized carbons (Fsp3) is 0.0870. The van der Waals surface area contributed by atoms with Crippen LogP contribution < -0.4 is 0 Å². The molecule has 4 heteroatoms. The quantitative estimate of drug-likeness (QED) is 0.449. The Morgan fingerprint density at radius 3 is 2.37 bits per heavy atom. The molecule has 1 aliphatic carbocycles. The van der Waals surface area contributed by atoms with Gasteiger partial charge >= 0.3 is 0 Å². The van der Waals surface area contributed by atoms with Gasteiger partial charge in [0.2, 0.25) is 5.78 Å². The van der Waals surface area contributed by atoms with E-state index in [9.17, 15) is 9.59 Å². The second-order valence-electron chi connectivity index (χ2n) is 6.86. The van der Waals surface area contributed by atoms with Crippen LogP contribution in [0, 0.1) is 13.8 Å². The lowest BCUT2D eigenvalue weighted by Crippen LogP contribution is -2.24. The smallest absolute Gasteiger partial charge is 0.213 e. The number of para-hydroxylation sites is 1. The summed E-state index contributed by atoms with van der Waals surface area (Å²) in [5.74, 6) is -0.319. The highest BCUT2D eigenvalue weighted by atomic mass is 16.1. The summed E-state index contributed by atoms with van der Waals surface area (Å²) < 4.78 is 1.97. The summed E-state index contributed by atoms with van der Waals surface area (Å²) in [7, 11) is 0. The van der Waals surface area contributed by atoms with Crippen LogP contribution in [0.4, 0.5) is 0 Å². The normalized spacial score (nSPS) is 13.0. The molecule has 0 spiro atoms. The number of carbonyl (C=O) groups is 2. The van der Waals surface area contributed by atoms with Crippen LogP contribution in [-0.2, 0) is 0 Å². The summed E-state index contributed by atoms with van der Waals surface area (Å²) >= 11 is 0. The molecule has 2 aromatic heterocycles. The minimum absolute atomic E-state index is 0.142. The zero-order valence-corrected chi connectivity index (χ0v) is 15.0. The Hall–Kier alpha value is -3.53. The van der Waals surface area contributed by atoms with Crippen molar-refractivity contribution in [1.29, 1.82) is 0 Å². The van der Waals surface area contributed by atoms with Crippen molar-refractivity contribution in [3.05, 3.63) is 94.4 Å². The zero-order valence-electron chi connectivity index (χ0n) is 15.0. The summed E-state index contributed by atoms with van der Waals surface area (Å²) in [6, 6.07) is 17.2. The number of aromatic nitrogens is 2. The Balaban J connectivity index is 1.91. The fourth-order valence-electron chi connectivity index (χ4n) is 3.97. The van der Waals surface area contributed by atoms with Gasteiger partial charge in [0.05, 0.1) is 11.1 Å². The molecule has 4 nitrogen and oxygen atoms in total. The van der Waals surface area contributed by atoms with Gasteiger partial charge < -0.3 is 4.57 Å². The second kappa shape index (κ2) is 5.48. The summed E-state index contributed by atoms with van der Waals surface area (Å²) in [4.78, 5) is 31.2. The van der Waals surface area contributed by atoms with Gasteiger partial charge in [-0.2, -0.15) is 0 Å². The van der Waals surface area contributed by atoms with Gasteiger partial charge in [0.15, 0.2) is 5.78 Å². The molecule has 27 heavy (non-hydrogen) atoms. The average molecular weight is 352 g/mol. The van der Waals surface area contributed by atoms with Crippen LogP contribution in [-0.4, -0.2) is 21.1 Å². The van der Waals surface area contributed by atoms with E-state index in [4.69, 9.17) is 0 Å². The molecule has 4 aromatic rings. The molecule has 130 valence electrons. The zero-order chi connectivity index (χ0) is 18.7. The molecule has 2 heterocycles. The number of rotatable bonds is 1. The lowest BCUT2D eigenvalue weighted by atomic mass is 9.83. The molecule has 0 radical (unpaired) electrons. The van der Waals surface area contributed by atoms with Gasteiger partial charge in [0.1, 0.15) is 5.69 Å². The topological polar surface area (TPSA) is 52.0 Å².